The van der Waals surface area contributed by atoms with Crippen molar-refractivity contribution < 1.29 is 14.9 Å². The van der Waals surface area contributed by atoms with Gasteiger partial charge in [-0.25, -0.2) is 9.50 Å². The van der Waals surface area contributed by atoms with Gasteiger partial charge in [0.25, 0.3) is 0 Å². The summed E-state index contributed by atoms with van der Waals surface area (Å²) in [4.78, 5) is 6.35. The summed E-state index contributed by atoms with van der Waals surface area (Å²) in [6.45, 7) is 5.41. The molecule has 1 saturated carbocycles. The maximum atomic E-state index is 10.3. The minimum atomic E-state index is -1.01. The minimum absolute atomic E-state index is 0.191. The topological polar surface area (TPSA) is 91.9 Å². The van der Waals surface area contributed by atoms with E-state index < -0.39 is 5.60 Å². The van der Waals surface area contributed by atoms with Crippen LogP contribution in [0.1, 0.15) is 37.4 Å². The second-order valence-electron chi connectivity index (χ2n) is 7.61. The fourth-order valence-electron chi connectivity index (χ4n) is 3.16. The van der Waals surface area contributed by atoms with E-state index in [-0.39, 0.29) is 6.10 Å². The molecule has 3 aromatic rings. The standard InChI is InChI=1S/C19H24N4O3S2/c1-10-16(23-18(20-10)27-17(21-23)19(2,3)25)11-5-6-14(26-4)15(7-11)28-22-12-8-13(24)9-12/h5-7,12-13,22,24-25H,8-9H2,1-4H3/t12-,13-. The summed E-state index contributed by atoms with van der Waals surface area (Å²) < 4.78 is 10.7. The van der Waals surface area contributed by atoms with Crippen molar-refractivity contribution in [2.75, 3.05) is 7.11 Å². The second-order valence-corrected chi connectivity index (χ2v) is 9.45. The number of imidazole rings is 1. The van der Waals surface area contributed by atoms with E-state index in [4.69, 9.17) is 4.74 Å². The first-order chi connectivity index (χ1) is 13.3. The number of fused-ring (bicyclic) bond motifs is 1. The van der Waals surface area contributed by atoms with E-state index in [1.165, 1.54) is 23.3 Å². The van der Waals surface area contributed by atoms with Gasteiger partial charge in [-0.2, -0.15) is 5.10 Å². The third kappa shape index (κ3) is 3.65. The van der Waals surface area contributed by atoms with E-state index in [2.05, 4.69) is 20.9 Å². The smallest absolute Gasteiger partial charge is 0.213 e. The highest BCUT2D eigenvalue weighted by molar-refractivity contribution is 7.97. The summed E-state index contributed by atoms with van der Waals surface area (Å²) in [6, 6.07) is 6.31. The van der Waals surface area contributed by atoms with Gasteiger partial charge < -0.3 is 14.9 Å². The first-order valence-corrected chi connectivity index (χ1v) is 10.8. The minimum Gasteiger partial charge on any atom is -0.496 e. The van der Waals surface area contributed by atoms with Crippen molar-refractivity contribution >= 4 is 28.2 Å². The number of ether oxygens (including phenoxy) is 1. The maximum Gasteiger partial charge on any atom is 0.213 e. The van der Waals surface area contributed by atoms with E-state index in [1.807, 2.05) is 19.1 Å². The molecule has 1 fully saturated rings. The summed E-state index contributed by atoms with van der Waals surface area (Å²) in [6.07, 6.45) is 1.36. The zero-order chi connectivity index (χ0) is 20.1. The average Bonchev–Trinajstić information content (AvgIpc) is 3.14. The summed E-state index contributed by atoms with van der Waals surface area (Å²) in [5.41, 5.74) is 1.77. The van der Waals surface area contributed by atoms with Crippen LogP contribution in [-0.4, -0.2) is 44.1 Å². The van der Waals surface area contributed by atoms with Gasteiger partial charge in [-0.05, 0) is 63.8 Å². The summed E-state index contributed by atoms with van der Waals surface area (Å²) in [5, 5.41) is 25.0. The highest BCUT2D eigenvalue weighted by Crippen LogP contribution is 2.36. The number of aryl methyl sites for hydroxylation is 1. The molecule has 1 aliphatic rings. The largest absolute Gasteiger partial charge is 0.496 e. The van der Waals surface area contributed by atoms with E-state index in [1.54, 1.807) is 25.5 Å². The molecule has 0 bridgehead atoms. The zero-order valence-electron chi connectivity index (χ0n) is 16.3. The van der Waals surface area contributed by atoms with Crippen LogP contribution in [0.25, 0.3) is 16.2 Å². The number of aliphatic hydroxyl groups excluding tert-OH is 1. The molecule has 0 atom stereocenters. The van der Waals surface area contributed by atoms with Crippen molar-refractivity contribution in [3.63, 3.8) is 0 Å². The number of methoxy groups -OCH3 is 1. The first kappa shape index (κ1) is 19.7. The predicted octanol–water partition coefficient (Wildman–Crippen LogP) is 3.12. The zero-order valence-corrected chi connectivity index (χ0v) is 17.9. The Morgan fingerprint density at radius 1 is 1.36 bits per heavy atom. The summed E-state index contributed by atoms with van der Waals surface area (Å²) >= 11 is 2.91. The molecule has 0 amide bonds. The molecule has 9 heteroatoms. The molecule has 4 rings (SSSR count). The van der Waals surface area contributed by atoms with Gasteiger partial charge in [0.05, 0.1) is 29.5 Å². The molecule has 2 aromatic heterocycles. The van der Waals surface area contributed by atoms with Gasteiger partial charge in [-0.1, -0.05) is 11.3 Å². The molecule has 0 unspecified atom stereocenters. The van der Waals surface area contributed by atoms with Crippen molar-refractivity contribution in [3.8, 4) is 17.0 Å². The number of hydrogen-bond donors (Lipinski definition) is 3. The molecular weight excluding hydrogens is 396 g/mol. The van der Waals surface area contributed by atoms with Gasteiger partial charge in [0.2, 0.25) is 4.96 Å². The van der Waals surface area contributed by atoms with Crippen molar-refractivity contribution in [2.45, 2.75) is 56.3 Å². The lowest BCUT2D eigenvalue weighted by atomic mass is 9.91. The van der Waals surface area contributed by atoms with Gasteiger partial charge in [-0.15, -0.1) is 0 Å². The van der Waals surface area contributed by atoms with E-state index in [0.717, 1.165) is 45.4 Å². The fraction of sp³-hybridized carbons (Fsp3) is 0.474. The van der Waals surface area contributed by atoms with Gasteiger partial charge in [0.15, 0.2) is 0 Å². The van der Waals surface area contributed by atoms with Crippen LogP contribution >= 0.6 is 23.3 Å². The van der Waals surface area contributed by atoms with Crippen LogP contribution in [0.5, 0.6) is 5.75 Å². The van der Waals surface area contributed by atoms with Crippen LogP contribution in [0.4, 0.5) is 0 Å². The third-order valence-electron chi connectivity index (χ3n) is 4.79. The normalized spacial score (nSPS) is 19.8. The Bertz CT molecular complexity index is 1000. The molecular formula is C19H24N4O3S2. The number of hydrogen-bond acceptors (Lipinski definition) is 8. The predicted molar refractivity (Wildman–Crippen MR) is 111 cm³/mol. The Morgan fingerprint density at radius 2 is 2.11 bits per heavy atom. The molecule has 1 aliphatic carbocycles. The van der Waals surface area contributed by atoms with Crippen LogP contribution in [0.3, 0.4) is 0 Å². The molecule has 0 aliphatic heterocycles. The van der Waals surface area contributed by atoms with Crippen LogP contribution in [0, 0.1) is 6.92 Å². The highest BCUT2D eigenvalue weighted by Gasteiger charge is 2.28. The van der Waals surface area contributed by atoms with Crippen molar-refractivity contribution in [2.24, 2.45) is 0 Å². The van der Waals surface area contributed by atoms with Gasteiger partial charge in [0.1, 0.15) is 16.4 Å². The summed E-state index contributed by atoms with van der Waals surface area (Å²) in [7, 11) is 1.66. The monoisotopic (exact) mass is 420 g/mol. The Balaban J connectivity index is 1.69. The Kier molecular flexibility index (Phi) is 5.13. The molecule has 7 nitrogen and oxygen atoms in total. The quantitative estimate of drug-likeness (QED) is 0.528. The third-order valence-corrected chi connectivity index (χ3v) is 7.00. The number of aromatic nitrogens is 3. The lowest BCUT2D eigenvalue weighted by molar-refractivity contribution is 0.0721. The fourth-order valence-corrected chi connectivity index (χ4v) is 5.03. The molecule has 0 spiro atoms. The molecule has 1 aromatic carbocycles. The number of aliphatic hydroxyl groups is 2. The van der Waals surface area contributed by atoms with Gasteiger partial charge in [0, 0.05) is 11.6 Å². The Hall–Kier alpha value is -1.65. The van der Waals surface area contributed by atoms with Crippen LogP contribution in [-0.2, 0) is 5.60 Å². The lowest BCUT2D eigenvalue weighted by Gasteiger charge is -2.31. The molecule has 150 valence electrons. The number of rotatable bonds is 6. The molecule has 2 heterocycles. The summed E-state index contributed by atoms with van der Waals surface area (Å²) in [5.74, 6) is 0.787. The van der Waals surface area contributed by atoms with Gasteiger partial charge in [-0.3, -0.25) is 4.72 Å². The lowest BCUT2D eigenvalue weighted by Crippen LogP contribution is -2.41. The van der Waals surface area contributed by atoms with Crippen molar-refractivity contribution in [1.29, 1.82) is 0 Å². The molecule has 3 N–H and O–H groups in total. The number of nitrogens with zero attached hydrogens (tertiary/aromatic N) is 3. The average molecular weight is 421 g/mol. The van der Waals surface area contributed by atoms with E-state index in [0.29, 0.717) is 11.0 Å². The van der Waals surface area contributed by atoms with E-state index in [9.17, 15) is 10.2 Å². The molecule has 28 heavy (non-hydrogen) atoms. The molecule has 0 radical (unpaired) electrons. The number of nitrogens with one attached hydrogen (secondary N) is 1. The molecule has 0 saturated heterocycles. The number of benzene rings is 1. The SMILES string of the molecule is COc1ccc(-c2c(C)nc3sc(C(C)(C)O)nn23)cc1SN[C@H]1C[C@H](O)C1. The Morgan fingerprint density at radius 3 is 2.75 bits per heavy atom. The maximum absolute atomic E-state index is 10.3. The van der Waals surface area contributed by atoms with Crippen LogP contribution in [0.2, 0.25) is 0 Å². The van der Waals surface area contributed by atoms with E-state index >= 15 is 0 Å². The Labute approximate surface area is 171 Å². The van der Waals surface area contributed by atoms with Crippen molar-refractivity contribution in [1.82, 2.24) is 19.3 Å². The van der Waals surface area contributed by atoms with Crippen molar-refractivity contribution in [3.05, 3.63) is 28.9 Å². The first-order valence-electron chi connectivity index (χ1n) is 9.14. The highest BCUT2D eigenvalue weighted by atomic mass is 32.2. The van der Waals surface area contributed by atoms with Gasteiger partial charge >= 0.3 is 0 Å². The van der Waals surface area contributed by atoms with Crippen LogP contribution in [0.15, 0.2) is 23.1 Å². The van der Waals surface area contributed by atoms with Crippen LogP contribution < -0.4 is 9.46 Å². The second kappa shape index (κ2) is 7.31.